The van der Waals surface area contributed by atoms with Crippen LogP contribution in [0.5, 0.6) is 0 Å². The molecule has 0 spiro atoms. The Balaban J connectivity index is 0.00000441. The van der Waals surface area contributed by atoms with E-state index in [-0.39, 0.29) is 59.1 Å². The molecule has 0 aromatic heterocycles. The first kappa shape index (κ1) is 33.1. The number of carbonyl (C=O) groups is 2. The minimum absolute atomic E-state index is 0. The summed E-state index contributed by atoms with van der Waals surface area (Å²) in [6.45, 7) is 16.6. The minimum Gasteiger partial charge on any atom is -0.340 e. The molecule has 3 aliphatic rings. The van der Waals surface area contributed by atoms with Crippen LogP contribution in [0.1, 0.15) is 92.1 Å². The lowest BCUT2D eigenvalue weighted by atomic mass is 9.74. The molecule has 0 N–H and O–H groups in total. The summed E-state index contributed by atoms with van der Waals surface area (Å²) in [5.41, 5.74) is 0.328. The molecule has 1 aliphatic carbocycles. The van der Waals surface area contributed by atoms with Gasteiger partial charge in [-0.1, -0.05) is 37.6 Å². The largest absolute Gasteiger partial charge is 0.340 e. The normalized spacial score (nSPS) is 26.0. The zero-order chi connectivity index (χ0) is 28.8. The quantitative estimate of drug-likeness (QED) is 0.355. The van der Waals surface area contributed by atoms with Crippen LogP contribution < -0.4 is 0 Å². The van der Waals surface area contributed by atoms with Crippen LogP contribution in [0.15, 0.2) is 24.3 Å². The second kappa shape index (κ2) is 12.5. The Kier molecular flexibility index (Phi) is 10.3. The lowest BCUT2D eigenvalue weighted by Crippen LogP contribution is -2.55. The molecule has 2 saturated heterocycles. The van der Waals surface area contributed by atoms with E-state index in [0.717, 1.165) is 44.2 Å². The van der Waals surface area contributed by atoms with E-state index in [9.17, 15) is 14.0 Å². The number of hydrogen-bond donors (Lipinski definition) is 0. The van der Waals surface area contributed by atoms with Crippen molar-refractivity contribution in [2.24, 2.45) is 16.7 Å². The van der Waals surface area contributed by atoms with Gasteiger partial charge in [0.25, 0.3) is 0 Å². The molecule has 5 nitrogen and oxygen atoms in total. The molecule has 0 unspecified atom stereocenters. The number of alkyl halides is 1. The smallest absolute Gasteiger partial charge is 0.231 e. The maximum Gasteiger partial charge on any atom is 0.231 e. The molecule has 3 atom stereocenters. The molecular weight excluding hydrogens is 548 g/mol. The molecule has 4 rings (SSSR count). The number of carbonyl (C=O) groups excluding carboxylic acids is 2. The summed E-state index contributed by atoms with van der Waals surface area (Å²) >= 11 is 6.17. The zero-order valence-corrected chi connectivity index (χ0v) is 27.1. The Hall–Kier alpha value is -1.37. The number of halogens is 3. The first-order valence-electron chi connectivity index (χ1n) is 14.8. The van der Waals surface area contributed by atoms with Gasteiger partial charge in [0.1, 0.15) is 6.67 Å². The molecule has 2 amide bonds. The van der Waals surface area contributed by atoms with Crippen LogP contribution in [-0.2, 0) is 9.59 Å². The van der Waals surface area contributed by atoms with Gasteiger partial charge in [-0.05, 0) is 89.8 Å². The lowest BCUT2D eigenvalue weighted by molar-refractivity contribution is -0.148. The third-order valence-corrected chi connectivity index (χ3v) is 9.85. The van der Waals surface area contributed by atoms with E-state index in [1.165, 1.54) is 0 Å². The van der Waals surface area contributed by atoms with E-state index in [1.807, 2.05) is 21.9 Å². The number of benzene rings is 1. The van der Waals surface area contributed by atoms with Crippen molar-refractivity contribution in [3.8, 4) is 0 Å². The highest BCUT2D eigenvalue weighted by Gasteiger charge is 2.47. The van der Waals surface area contributed by atoms with Gasteiger partial charge in [0.05, 0.1) is 17.4 Å². The van der Waals surface area contributed by atoms with Crippen molar-refractivity contribution in [1.82, 2.24) is 14.7 Å². The molecule has 40 heavy (non-hydrogen) atoms. The predicted molar refractivity (Wildman–Crippen MR) is 164 cm³/mol. The average molecular weight is 599 g/mol. The fourth-order valence-corrected chi connectivity index (χ4v) is 6.88. The second-order valence-electron chi connectivity index (χ2n) is 14.7. The van der Waals surface area contributed by atoms with E-state index >= 15 is 0 Å². The van der Waals surface area contributed by atoms with Crippen molar-refractivity contribution in [2.75, 3.05) is 32.9 Å². The van der Waals surface area contributed by atoms with Crippen LogP contribution in [0, 0.1) is 16.7 Å². The van der Waals surface area contributed by atoms with E-state index < -0.39 is 12.1 Å². The highest BCUT2D eigenvalue weighted by molar-refractivity contribution is 6.30. The molecule has 0 radical (unpaired) electrons. The Morgan fingerprint density at radius 3 is 2.12 bits per heavy atom. The Bertz CT molecular complexity index is 1030. The van der Waals surface area contributed by atoms with Crippen molar-refractivity contribution in [3.63, 3.8) is 0 Å². The molecule has 1 saturated carbocycles. The zero-order valence-electron chi connectivity index (χ0n) is 25.5. The summed E-state index contributed by atoms with van der Waals surface area (Å²) in [7, 11) is 0. The summed E-state index contributed by atoms with van der Waals surface area (Å²) in [6, 6.07) is 7.97. The molecule has 1 aromatic carbocycles. The van der Waals surface area contributed by atoms with Gasteiger partial charge in [0, 0.05) is 48.7 Å². The molecule has 8 heteroatoms. The van der Waals surface area contributed by atoms with Crippen molar-refractivity contribution in [1.29, 1.82) is 0 Å². The highest BCUT2D eigenvalue weighted by atomic mass is 35.5. The molecule has 1 aromatic rings. The number of amides is 2. The summed E-state index contributed by atoms with van der Waals surface area (Å²) in [4.78, 5) is 34.3. The third-order valence-electron chi connectivity index (χ3n) is 9.60. The van der Waals surface area contributed by atoms with Crippen LogP contribution >= 0.6 is 24.0 Å². The molecule has 2 aliphatic heterocycles. The van der Waals surface area contributed by atoms with E-state index in [1.54, 1.807) is 13.8 Å². The SMILES string of the molecule is CC1(C)CCC(N(C(=O)C(C)(C)CF)[C@H]2CCN(C(=O)[C@@H]3CN(C(C)(C)C)C[C@H]3c3ccc(Cl)cc3)C2)CC1.Cl. The van der Waals surface area contributed by atoms with Crippen LogP contribution in [0.3, 0.4) is 0 Å². The summed E-state index contributed by atoms with van der Waals surface area (Å²) in [6.07, 6.45) is 4.74. The standard InChI is InChI=1S/C32H49ClFN3O2.ClH/c1-30(2,3)36-19-26(22-8-10-23(33)11-9-22)27(20-36)28(38)35-17-14-25(18-35)37(29(39)32(6,7)21-34)24-12-15-31(4,5)16-13-24;/h8-11,24-27H,12-21H2,1-7H3;1H/t25-,26-,27+;/m0./s1. The van der Waals surface area contributed by atoms with Gasteiger partial charge in [-0.3, -0.25) is 14.5 Å². The maximum absolute atomic E-state index is 14.1. The maximum atomic E-state index is 14.1. The van der Waals surface area contributed by atoms with E-state index in [0.29, 0.717) is 24.7 Å². The molecular formula is C32H50Cl2FN3O2. The first-order chi connectivity index (χ1) is 18.1. The van der Waals surface area contributed by atoms with Gasteiger partial charge in [0.15, 0.2) is 0 Å². The predicted octanol–water partition coefficient (Wildman–Crippen LogP) is 6.97. The van der Waals surface area contributed by atoms with Gasteiger partial charge < -0.3 is 9.80 Å². The van der Waals surface area contributed by atoms with Crippen molar-refractivity contribution < 1.29 is 14.0 Å². The number of nitrogens with zero attached hydrogens (tertiary/aromatic N) is 3. The number of hydrogen-bond acceptors (Lipinski definition) is 3. The van der Waals surface area contributed by atoms with Gasteiger partial charge in [-0.25, -0.2) is 4.39 Å². The minimum atomic E-state index is -1.05. The van der Waals surface area contributed by atoms with Gasteiger partial charge in [0.2, 0.25) is 11.8 Å². The average Bonchev–Trinajstić information content (AvgIpc) is 3.53. The summed E-state index contributed by atoms with van der Waals surface area (Å²) in [5, 5.41) is 0.696. The molecule has 0 bridgehead atoms. The van der Waals surface area contributed by atoms with Gasteiger partial charge >= 0.3 is 0 Å². The van der Waals surface area contributed by atoms with Crippen LogP contribution in [0.25, 0.3) is 0 Å². The Morgan fingerprint density at radius 2 is 1.57 bits per heavy atom. The van der Waals surface area contributed by atoms with Gasteiger partial charge in [-0.15, -0.1) is 12.4 Å². The van der Waals surface area contributed by atoms with E-state index in [2.05, 4.69) is 51.7 Å². The van der Waals surface area contributed by atoms with Crippen LogP contribution in [0.4, 0.5) is 4.39 Å². The fourth-order valence-electron chi connectivity index (χ4n) is 6.75. The van der Waals surface area contributed by atoms with Crippen LogP contribution in [0.2, 0.25) is 5.02 Å². The molecule has 3 fully saturated rings. The lowest BCUT2D eigenvalue weighted by Gasteiger charge is -2.45. The number of likely N-dealkylation sites (tertiary alicyclic amines) is 2. The Labute approximate surface area is 252 Å². The van der Waals surface area contributed by atoms with Crippen LogP contribution in [-0.4, -0.2) is 77.0 Å². The summed E-state index contributed by atoms with van der Waals surface area (Å²) < 4.78 is 14.0. The number of rotatable bonds is 6. The summed E-state index contributed by atoms with van der Waals surface area (Å²) in [5.74, 6) is 0.0156. The third kappa shape index (κ3) is 7.15. The van der Waals surface area contributed by atoms with E-state index in [4.69, 9.17) is 11.6 Å². The topological polar surface area (TPSA) is 43.9 Å². The monoisotopic (exact) mass is 597 g/mol. The molecule has 226 valence electrons. The van der Waals surface area contributed by atoms with Crippen molar-refractivity contribution in [2.45, 2.75) is 104 Å². The fraction of sp³-hybridized carbons (Fsp3) is 0.750. The second-order valence-corrected chi connectivity index (χ2v) is 15.1. The van der Waals surface area contributed by atoms with Crippen molar-refractivity contribution in [3.05, 3.63) is 34.9 Å². The van der Waals surface area contributed by atoms with Crippen molar-refractivity contribution >= 4 is 35.8 Å². The first-order valence-corrected chi connectivity index (χ1v) is 15.2. The molecule has 2 heterocycles. The Morgan fingerprint density at radius 1 is 0.975 bits per heavy atom. The highest BCUT2D eigenvalue weighted by Crippen LogP contribution is 2.41. The van der Waals surface area contributed by atoms with Gasteiger partial charge in [-0.2, -0.15) is 0 Å².